The molecule has 0 amide bonds. The number of nitrogens with one attached hydrogen (secondary N) is 1. The lowest BCUT2D eigenvalue weighted by atomic mass is 10.0. The first-order chi connectivity index (χ1) is 6.36. The molecule has 4 nitrogen and oxygen atoms in total. The monoisotopic (exact) mass is 186 g/mol. The van der Waals surface area contributed by atoms with Crippen molar-refractivity contribution in [2.45, 2.75) is 18.6 Å². The maximum Gasteiger partial charge on any atom is 0.0820 e. The van der Waals surface area contributed by atoms with E-state index in [1.165, 1.54) is 0 Å². The molecule has 76 valence electrons. The van der Waals surface area contributed by atoms with Crippen LogP contribution in [0.1, 0.15) is 6.42 Å². The van der Waals surface area contributed by atoms with Crippen molar-refractivity contribution in [1.82, 2.24) is 10.2 Å². The number of aliphatic hydroxyl groups excluding tert-OH is 1. The van der Waals surface area contributed by atoms with Gasteiger partial charge in [0.25, 0.3) is 0 Å². The Morgan fingerprint density at radius 2 is 2.15 bits per heavy atom. The van der Waals surface area contributed by atoms with E-state index in [2.05, 4.69) is 10.2 Å². The van der Waals surface area contributed by atoms with Crippen LogP contribution in [0.3, 0.4) is 0 Å². The number of aliphatic hydroxyl groups is 1. The highest BCUT2D eigenvalue weighted by Gasteiger charge is 2.26. The van der Waals surface area contributed by atoms with E-state index >= 15 is 0 Å². The molecule has 0 spiro atoms. The van der Waals surface area contributed by atoms with Crippen molar-refractivity contribution in [3.05, 3.63) is 0 Å². The van der Waals surface area contributed by atoms with Crippen LogP contribution in [-0.4, -0.2) is 61.5 Å². The molecular weight excluding hydrogens is 168 g/mol. The summed E-state index contributed by atoms with van der Waals surface area (Å²) in [5.74, 6) is 0. The van der Waals surface area contributed by atoms with E-state index in [9.17, 15) is 5.11 Å². The van der Waals surface area contributed by atoms with Crippen LogP contribution < -0.4 is 5.32 Å². The zero-order valence-electron chi connectivity index (χ0n) is 7.91. The number of rotatable bonds is 3. The predicted octanol–water partition coefficient (Wildman–Crippen LogP) is -0.959. The molecule has 2 N–H and O–H groups in total. The van der Waals surface area contributed by atoms with Gasteiger partial charge in [-0.1, -0.05) is 0 Å². The second-order valence-corrected chi connectivity index (χ2v) is 3.83. The average molecular weight is 186 g/mol. The molecular formula is C9H18N2O2. The molecule has 0 radical (unpaired) electrons. The first-order valence-electron chi connectivity index (χ1n) is 5.08. The smallest absolute Gasteiger partial charge is 0.0820 e. The largest absolute Gasteiger partial charge is 0.390 e. The van der Waals surface area contributed by atoms with E-state index in [0.717, 1.165) is 45.8 Å². The number of morpholine rings is 1. The number of nitrogens with zero attached hydrogens (tertiary/aromatic N) is 1. The van der Waals surface area contributed by atoms with Crippen LogP contribution in [0.15, 0.2) is 0 Å². The Hall–Kier alpha value is -0.160. The summed E-state index contributed by atoms with van der Waals surface area (Å²) in [6.45, 7) is 5.40. The molecule has 2 saturated heterocycles. The van der Waals surface area contributed by atoms with Crippen molar-refractivity contribution < 1.29 is 9.84 Å². The maximum atomic E-state index is 9.78. The van der Waals surface area contributed by atoms with Gasteiger partial charge >= 0.3 is 0 Å². The van der Waals surface area contributed by atoms with Gasteiger partial charge in [-0.15, -0.1) is 0 Å². The third-order valence-corrected chi connectivity index (χ3v) is 2.88. The van der Waals surface area contributed by atoms with Crippen molar-refractivity contribution in [2.75, 3.05) is 39.4 Å². The summed E-state index contributed by atoms with van der Waals surface area (Å²) >= 11 is 0. The highest BCUT2D eigenvalue weighted by atomic mass is 16.5. The first-order valence-corrected chi connectivity index (χ1v) is 5.08. The fraction of sp³-hybridized carbons (Fsp3) is 1.00. The van der Waals surface area contributed by atoms with Gasteiger partial charge in [-0.3, -0.25) is 4.90 Å². The van der Waals surface area contributed by atoms with Gasteiger partial charge in [-0.2, -0.15) is 0 Å². The highest BCUT2D eigenvalue weighted by molar-refractivity contribution is 4.86. The topological polar surface area (TPSA) is 44.7 Å². The maximum absolute atomic E-state index is 9.78. The summed E-state index contributed by atoms with van der Waals surface area (Å²) in [5, 5.41) is 13.0. The quantitative estimate of drug-likeness (QED) is 0.596. The molecule has 2 aliphatic heterocycles. The van der Waals surface area contributed by atoms with E-state index in [-0.39, 0.29) is 6.10 Å². The Balaban J connectivity index is 1.69. The highest BCUT2D eigenvalue weighted by Crippen LogP contribution is 2.09. The van der Waals surface area contributed by atoms with Crippen molar-refractivity contribution in [2.24, 2.45) is 0 Å². The zero-order chi connectivity index (χ0) is 9.10. The summed E-state index contributed by atoms with van der Waals surface area (Å²) < 4.78 is 5.24. The minimum absolute atomic E-state index is 0.202. The molecule has 13 heavy (non-hydrogen) atoms. The van der Waals surface area contributed by atoms with Gasteiger partial charge in [-0.05, 0) is 13.0 Å². The fourth-order valence-electron chi connectivity index (χ4n) is 1.81. The van der Waals surface area contributed by atoms with Gasteiger partial charge in [0, 0.05) is 25.7 Å². The van der Waals surface area contributed by atoms with Crippen LogP contribution >= 0.6 is 0 Å². The fourth-order valence-corrected chi connectivity index (χ4v) is 1.81. The minimum Gasteiger partial charge on any atom is -0.390 e. The van der Waals surface area contributed by atoms with Gasteiger partial charge in [-0.25, -0.2) is 0 Å². The first kappa shape index (κ1) is 9.40. The Morgan fingerprint density at radius 3 is 2.69 bits per heavy atom. The molecule has 0 aromatic rings. The van der Waals surface area contributed by atoms with Gasteiger partial charge in [0.1, 0.15) is 0 Å². The molecule has 2 rings (SSSR count). The molecule has 2 atom stereocenters. The SMILES string of the molecule is OC(CN1CCOCC1)C1CCN1. The zero-order valence-corrected chi connectivity index (χ0v) is 7.91. The van der Waals surface area contributed by atoms with Crippen LogP contribution in [0.4, 0.5) is 0 Å². The van der Waals surface area contributed by atoms with Gasteiger partial charge in [0.2, 0.25) is 0 Å². The summed E-state index contributed by atoms with van der Waals surface area (Å²) in [4.78, 5) is 2.27. The van der Waals surface area contributed by atoms with Gasteiger partial charge in [0.15, 0.2) is 0 Å². The summed E-state index contributed by atoms with van der Waals surface area (Å²) in [6.07, 6.45) is 0.915. The Kier molecular flexibility index (Phi) is 3.16. The minimum atomic E-state index is -0.202. The molecule has 2 fully saturated rings. The third kappa shape index (κ3) is 2.40. The average Bonchev–Trinajstić information content (AvgIpc) is 2.02. The number of β-amino-alcohol motifs (C(OH)–C–C–N with tert-alkyl or cyclic N) is 1. The second kappa shape index (κ2) is 4.37. The predicted molar refractivity (Wildman–Crippen MR) is 49.7 cm³/mol. The molecule has 2 aliphatic rings. The summed E-state index contributed by atoms with van der Waals surface area (Å²) in [6, 6.07) is 0.336. The standard InChI is InChI=1S/C9H18N2O2/c12-9(8-1-2-10-8)7-11-3-5-13-6-4-11/h8-10,12H,1-7H2. The molecule has 0 aliphatic carbocycles. The van der Waals surface area contributed by atoms with Gasteiger partial charge in [0.05, 0.1) is 19.3 Å². The molecule has 2 heterocycles. The van der Waals surface area contributed by atoms with E-state index in [0.29, 0.717) is 6.04 Å². The van der Waals surface area contributed by atoms with Crippen LogP contribution in [0.5, 0.6) is 0 Å². The van der Waals surface area contributed by atoms with Crippen molar-refractivity contribution in [1.29, 1.82) is 0 Å². The lowest BCUT2D eigenvalue weighted by molar-refractivity contribution is -0.000337. The Bertz CT molecular complexity index is 156. The van der Waals surface area contributed by atoms with Crippen LogP contribution in [0.25, 0.3) is 0 Å². The Labute approximate surface area is 78.9 Å². The normalized spacial score (nSPS) is 32.5. The lowest BCUT2D eigenvalue weighted by Crippen LogP contribution is -2.55. The van der Waals surface area contributed by atoms with Crippen molar-refractivity contribution in [3.8, 4) is 0 Å². The molecule has 2 unspecified atom stereocenters. The second-order valence-electron chi connectivity index (χ2n) is 3.83. The number of hydrogen-bond acceptors (Lipinski definition) is 4. The molecule has 4 heteroatoms. The Morgan fingerprint density at radius 1 is 1.46 bits per heavy atom. The number of ether oxygens (including phenoxy) is 1. The molecule has 0 bridgehead atoms. The molecule has 0 aromatic heterocycles. The molecule has 0 aromatic carbocycles. The van der Waals surface area contributed by atoms with E-state index in [1.54, 1.807) is 0 Å². The van der Waals surface area contributed by atoms with E-state index < -0.39 is 0 Å². The van der Waals surface area contributed by atoms with Gasteiger partial charge < -0.3 is 15.2 Å². The third-order valence-electron chi connectivity index (χ3n) is 2.88. The van der Waals surface area contributed by atoms with Crippen LogP contribution in [-0.2, 0) is 4.74 Å². The lowest BCUT2D eigenvalue weighted by Gasteiger charge is -2.36. The van der Waals surface area contributed by atoms with Crippen LogP contribution in [0, 0.1) is 0 Å². The van der Waals surface area contributed by atoms with E-state index in [1.807, 2.05) is 0 Å². The van der Waals surface area contributed by atoms with E-state index in [4.69, 9.17) is 4.74 Å². The summed E-state index contributed by atoms with van der Waals surface area (Å²) in [7, 11) is 0. The van der Waals surface area contributed by atoms with Crippen molar-refractivity contribution in [3.63, 3.8) is 0 Å². The van der Waals surface area contributed by atoms with Crippen molar-refractivity contribution >= 4 is 0 Å². The number of hydrogen-bond donors (Lipinski definition) is 2. The summed E-state index contributed by atoms with van der Waals surface area (Å²) in [5.41, 5.74) is 0. The molecule has 0 saturated carbocycles. The van der Waals surface area contributed by atoms with Crippen LogP contribution in [0.2, 0.25) is 0 Å².